The van der Waals surface area contributed by atoms with Crippen LogP contribution in [0.15, 0.2) is 92.1 Å². The predicted molar refractivity (Wildman–Crippen MR) is 132 cm³/mol. The third-order valence-electron chi connectivity index (χ3n) is 4.72. The second-order valence-electron chi connectivity index (χ2n) is 6.87. The van der Waals surface area contributed by atoms with Gasteiger partial charge in [0, 0.05) is 0 Å². The van der Waals surface area contributed by atoms with Gasteiger partial charge in [-0.3, -0.25) is 4.90 Å². The second-order valence-corrected chi connectivity index (χ2v) is 6.87. The van der Waals surface area contributed by atoms with Gasteiger partial charge in [0.15, 0.2) is 0 Å². The van der Waals surface area contributed by atoms with Crippen LogP contribution in [0.5, 0.6) is 0 Å². The largest absolute Gasteiger partial charge is 0.290 e. The van der Waals surface area contributed by atoms with E-state index in [-0.39, 0.29) is 5.54 Å². The standard InChI is InChI=1S/C22H29N.C3H6.C3H4/c1-4-6-9-14-20(3)22(17-5-2,21-15-10-7-11-16-21)23-18-12-8-13-19-23;2*1-3-2/h4-7,9-11,14-16H,2-3,8,12-13,17-19H2,1H3;3H,1H2,2H3;1H,2H3/b6-4-,14-9-;;. The van der Waals surface area contributed by atoms with Crippen molar-refractivity contribution in [2.45, 2.75) is 52.0 Å². The molecule has 0 radical (unpaired) electrons. The topological polar surface area (TPSA) is 3.24 Å². The molecule has 1 atom stereocenters. The summed E-state index contributed by atoms with van der Waals surface area (Å²) in [5, 5.41) is 0. The fourth-order valence-electron chi connectivity index (χ4n) is 3.57. The summed E-state index contributed by atoms with van der Waals surface area (Å²) in [6.07, 6.45) is 21.5. The van der Waals surface area contributed by atoms with Gasteiger partial charge in [-0.05, 0) is 64.3 Å². The molecule has 1 aromatic carbocycles. The van der Waals surface area contributed by atoms with E-state index in [1.165, 1.54) is 24.8 Å². The van der Waals surface area contributed by atoms with Crippen LogP contribution in [0.2, 0.25) is 0 Å². The summed E-state index contributed by atoms with van der Waals surface area (Å²) in [6.45, 7) is 19.7. The molecule has 1 heteroatoms. The fraction of sp³-hybridized carbons (Fsp3) is 0.357. The molecular formula is C28H39N. The summed E-state index contributed by atoms with van der Waals surface area (Å²) in [7, 11) is 0. The summed E-state index contributed by atoms with van der Waals surface area (Å²) in [5.74, 6) is 2.25. The lowest BCUT2D eigenvalue weighted by atomic mass is 9.77. The van der Waals surface area contributed by atoms with Crippen molar-refractivity contribution in [2.75, 3.05) is 13.1 Å². The van der Waals surface area contributed by atoms with Gasteiger partial charge in [0.2, 0.25) is 0 Å². The van der Waals surface area contributed by atoms with Gasteiger partial charge in [0.25, 0.3) is 0 Å². The first-order valence-corrected chi connectivity index (χ1v) is 10.4. The molecule has 0 N–H and O–H groups in total. The molecule has 1 heterocycles. The number of hydrogen-bond acceptors (Lipinski definition) is 1. The van der Waals surface area contributed by atoms with Crippen LogP contribution in [0.3, 0.4) is 0 Å². The first kappa shape index (κ1) is 26.4. The third-order valence-corrected chi connectivity index (χ3v) is 4.72. The molecule has 1 aromatic rings. The van der Waals surface area contributed by atoms with E-state index in [4.69, 9.17) is 0 Å². The van der Waals surface area contributed by atoms with Gasteiger partial charge in [0.05, 0.1) is 5.54 Å². The molecule has 1 saturated heterocycles. The Labute approximate surface area is 180 Å². The van der Waals surface area contributed by atoms with Gasteiger partial charge >= 0.3 is 0 Å². The Morgan fingerprint density at radius 3 is 2.14 bits per heavy atom. The maximum Gasteiger partial charge on any atom is 0.0744 e. The first-order chi connectivity index (χ1) is 14.1. The number of benzene rings is 1. The van der Waals surface area contributed by atoms with E-state index in [9.17, 15) is 0 Å². The Morgan fingerprint density at radius 2 is 1.66 bits per heavy atom. The normalized spacial score (nSPS) is 15.8. The van der Waals surface area contributed by atoms with Crippen LogP contribution in [-0.2, 0) is 5.54 Å². The zero-order valence-electron chi connectivity index (χ0n) is 18.7. The molecule has 29 heavy (non-hydrogen) atoms. The molecule has 1 aliphatic rings. The summed E-state index contributed by atoms with van der Waals surface area (Å²) in [4.78, 5) is 2.61. The second kappa shape index (κ2) is 16.4. The van der Waals surface area contributed by atoms with Crippen molar-refractivity contribution in [3.05, 3.63) is 97.7 Å². The van der Waals surface area contributed by atoms with Crippen molar-refractivity contribution in [1.29, 1.82) is 0 Å². The number of rotatable bonds is 7. The van der Waals surface area contributed by atoms with Crippen LogP contribution in [-0.4, -0.2) is 18.0 Å². The molecule has 0 amide bonds. The van der Waals surface area contributed by atoms with Crippen molar-refractivity contribution < 1.29 is 0 Å². The number of hydrogen-bond donors (Lipinski definition) is 0. The van der Waals surface area contributed by atoms with E-state index >= 15 is 0 Å². The molecule has 0 spiro atoms. The molecule has 0 aromatic heterocycles. The molecule has 1 unspecified atom stereocenters. The zero-order valence-corrected chi connectivity index (χ0v) is 18.7. The van der Waals surface area contributed by atoms with Crippen molar-refractivity contribution in [2.24, 2.45) is 0 Å². The number of likely N-dealkylation sites (tertiary alicyclic amines) is 1. The molecular weight excluding hydrogens is 350 g/mol. The Balaban J connectivity index is 0.00000116. The van der Waals surface area contributed by atoms with Crippen molar-refractivity contribution in [3.8, 4) is 12.3 Å². The molecule has 0 aliphatic carbocycles. The Bertz CT molecular complexity index is 681. The highest BCUT2D eigenvalue weighted by molar-refractivity contribution is 5.41. The van der Waals surface area contributed by atoms with Gasteiger partial charge in [-0.25, -0.2) is 0 Å². The average molecular weight is 390 g/mol. The molecule has 0 bridgehead atoms. The third kappa shape index (κ3) is 8.55. The van der Waals surface area contributed by atoms with Crippen LogP contribution in [0, 0.1) is 12.3 Å². The van der Waals surface area contributed by atoms with Gasteiger partial charge in [0.1, 0.15) is 0 Å². The maximum absolute atomic E-state index is 4.60. The van der Waals surface area contributed by atoms with Crippen LogP contribution >= 0.6 is 0 Å². The Kier molecular flexibility index (Phi) is 15.0. The van der Waals surface area contributed by atoms with E-state index in [0.29, 0.717) is 0 Å². The van der Waals surface area contributed by atoms with Crippen LogP contribution in [0.1, 0.15) is 52.0 Å². The zero-order chi connectivity index (χ0) is 22.0. The molecule has 156 valence electrons. The Hall–Kier alpha value is -2.56. The van der Waals surface area contributed by atoms with E-state index < -0.39 is 0 Å². The maximum atomic E-state index is 4.60. The van der Waals surface area contributed by atoms with Gasteiger partial charge < -0.3 is 0 Å². The van der Waals surface area contributed by atoms with E-state index in [0.717, 1.165) is 25.1 Å². The summed E-state index contributed by atoms with van der Waals surface area (Å²) < 4.78 is 0. The van der Waals surface area contributed by atoms with E-state index in [1.807, 2.05) is 26.0 Å². The highest BCUT2D eigenvalue weighted by atomic mass is 15.2. The summed E-state index contributed by atoms with van der Waals surface area (Å²) >= 11 is 0. The lowest BCUT2D eigenvalue weighted by molar-refractivity contribution is 0.0982. The minimum atomic E-state index is -0.179. The Morgan fingerprint density at radius 1 is 1.10 bits per heavy atom. The van der Waals surface area contributed by atoms with Gasteiger partial charge in [-0.2, -0.15) is 0 Å². The highest BCUT2D eigenvalue weighted by Crippen LogP contribution is 2.41. The fourth-order valence-corrected chi connectivity index (χ4v) is 3.57. The monoisotopic (exact) mass is 389 g/mol. The molecule has 2 rings (SSSR count). The highest BCUT2D eigenvalue weighted by Gasteiger charge is 2.39. The van der Waals surface area contributed by atoms with Crippen molar-refractivity contribution >= 4 is 0 Å². The quantitative estimate of drug-likeness (QED) is 0.266. The number of piperidine rings is 1. The number of nitrogens with zero attached hydrogens (tertiary/aromatic N) is 1. The molecule has 1 aliphatic heterocycles. The van der Waals surface area contributed by atoms with Crippen LogP contribution in [0.25, 0.3) is 0 Å². The predicted octanol–water partition coefficient (Wildman–Crippen LogP) is 7.46. The first-order valence-electron chi connectivity index (χ1n) is 10.4. The summed E-state index contributed by atoms with van der Waals surface area (Å²) in [5.41, 5.74) is 2.28. The van der Waals surface area contributed by atoms with Crippen LogP contribution in [0.4, 0.5) is 0 Å². The van der Waals surface area contributed by atoms with Crippen molar-refractivity contribution in [1.82, 2.24) is 4.90 Å². The van der Waals surface area contributed by atoms with Crippen molar-refractivity contribution in [3.63, 3.8) is 0 Å². The average Bonchev–Trinajstić information content (AvgIpc) is 2.74. The minimum Gasteiger partial charge on any atom is -0.290 e. The lowest BCUT2D eigenvalue weighted by Crippen LogP contribution is -2.49. The van der Waals surface area contributed by atoms with Crippen LogP contribution < -0.4 is 0 Å². The summed E-state index contributed by atoms with van der Waals surface area (Å²) in [6, 6.07) is 10.8. The van der Waals surface area contributed by atoms with Gasteiger partial charge in [-0.1, -0.05) is 79.8 Å². The van der Waals surface area contributed by atoms with Gasteiger partial charge in [-0.15, -0.1) is 25.5 Å². The lowest BCUT2D eigenvalue weighted by Gasteiger charge is -2.47. The molecule has 1 fully saturated rings. The number of terminal acetylenes is 1. The smallest absolute Gasteiger partial charge is 0.0744 e. The van der Waals surface area contributed by atoms with E-state index in [1.54, 1.807) is 13.0 Å². The molecule has 1 nitrogen and oxygen atoms in total. The number of allylic oxidation sites excluding steroid dienone is 4. The molecule has 0 saturated carbocycles. The minimum absolute atomic E-state index is 0.179. The SMILES string of the molecule is C#CC.C=CC.C=CCC(C(=C)/C=C\C=C/C)(c1ccccc1)N1CCCCC1. The van der Waals surface area contributed by atoms with E-state index in [2.05, 4.69) is 85.5 Å².